The van der Waals surface area contributed by atoms with E-state index < -0.39 is 40.7 Å². The minimum atomic E-state index is -1.14. The number of benzene rings is 1. The zero-order chi connectivity index (χ0) is 19.5. The van der Waals surface area contributed by atoms with Crippen molar-refractivity contribution in [3.05, 3.63) is 75.2 Å². The Labute approximate surface area is 151 Å². The van der Waals surface area contributed by atoms with E-state index in [4.69, 9.17) is 4.42 Å². The maximum absolute atomic E-state index is 12.9. The van der Waals surface area contributed by atoms with Crippen molar-refractivity contribution in [2.24, 2.45) is 11.8 Å². The molecule has 0 fully saturated rings. The van der Waals surface area contributed by atoms with E-state index in [0.717, 1.165) is 18.2 Å². The quantitative estimate of drug-likeness (QED) is 0.513. The van der Waals surface area contributed by atoms with Crippen molar-refractivity contribution in [3.63, 3.8) is 0 Å². The summed E-state index contributed by atoms with van der Waals surface area (Å²) in [4.78, 5) is 24.7. The Morgan fingerprint density at radius 3 is 2.26 bits per heavy atom. The standard InChI is InChI=1S/C19H14O8/c20-7-1-10-16(14-5-9(22)6-15(25)27-14)11-2-8(21)4-13(24)18(11)19(26)17(10)12(23)3-7/h1-6,10,16-17,20-24H. The van der Waals surface area contributed by atoms with Crippen LogP contribution in [0.3, 0.4) is 0 Å². The maximum atomic E-state index is 12.9. The lowest BCUT2D eigenvalue weighted by molar-refractivity contribution is 0.0839. The highest BCUT2D eigenvalue weighted by Gasteiger charge is 2.48. The number of aliphatic hydroxyl groups is 2. The molecule has 138 valence electrons. The first-order chi connectivity index (χ1) is 12.8. The van der Waals surface area contributed by atoms with Crippen LogP contribution in [0.4, 0.5) is 0 Å². The zero-order valence-corrected chi connectivity index (χ0v) is 13.7. The SMILES string of the molecule is O=C1c2c(O)cc(O)cc2C(c2cc(O)cc(=O)o2)C2C=C(O)C=C(O)C12. The maximum Gasteiger partial charge on any atom is 0.339 e. The summed E-state index contributed by atoms with van der Waals surface area (Å²) < 4.78 is 5.19. The predicted molar refractivity (Wildman–Crippen MR) is 91.0 cm³/mol. The fraction of sp³-hybridized carbons (Fsp3) is 0.158. The van der Waals surface area contributed by atoms with Gasteiger partial charge in [-0.25, -0.2) is 4.79 Å². The molecule has 0 spiro atoms. The average Bonchev–Trinajstić information content (AvgIpc) is 2.52. The van der Waals surface area contributed by atoms with Crippen LogP contribution >= 0.6 is 0 Å². The van der Waals surface area contributed by atoms with Crippen LogP contribution in [0.1, 0.15) is 27.6 Å². The van der Waals surface area contributed by atoms with E-state index in [2.05, 4.69) is 0 Å². The third-order valence-corrected chi connectivity index (χ3v) is 4.82. The third kappa shape index (κ3) is 2.53. The Bertz CT molecular complexity index is 1090. The lowest BCUT2D eigenvalue weighted by Gasteiger charge is -2.37. The monoisotopic (exact) mass is 370 g/mol. The number of Topliss-reactive ketones (excluding diaryl/α,β-unsaturated/α-hetero) is 1. The first-order valence-electron chi connectivity index (χ1n) is 8.01. The van der Waals surface area contributed by atoms with E-state index in [-0.39, 0.29) is 34.1 Å². The van der Waals surface area contributed by atoms with E-state index in [1.165, 1.54) is 18.2 Å². The van der Waals surface area contributed by atoms with Crippen LogP contribution in [0.15, 0.2) is 57.1 Å². The molecular formula is C19H14O8. The van der Waals surface area contributed by atoms with Crippen LogP contribution in [0.2, 0.25) is 0 Å². The van der Waals surface area contributed by atoms with Gasteiger partial charge in [0.05, 0.1) is 23.5 Å². The van der Waals surface area contributed by atoms with Crippen LogP contribution in [0, 0.1) is 11.8 Å². The number of aromatic hydroxyl groups is 3. The molecule has 8 nitrogen and oxygen atoms in total. The van der Waals surface area contributed by atoms with Crippen LogP contribution in [0.25, 0.3) is 0 Å². The molecule has 0 radical (unpaired) electrons. The molecule has 1 heterocycles. The van der Waals surface area contributed by atoms with Gasteiger partial charge in [0, 0.05) is 24.1 Å². The molecule has 8 heteroatoms. The van der Waals surface area contributed by atoms with Gasteiger partial charge in [-0.05, 0) is 17.7 Å². The van der Waals surface area contributed by atoms with Crippen LogP contribution in [-0.4, -0.2) is 31.3 Å². The highest BCUT2D eigenvalue weighted by atomic mass is 16.4. The summed E-state index contributed by atoms with van der Waals surface area (Å²) in [5.74, 6) is -5.50. The topological polar surface area (TPSA) is 148 Å². The van der Waals surface area contributed by atoms with Gasteiger partial charge in [-0.2, -0.15) is 0 Å². The summed E-state index contributed by atoms with van der Waals surface area (Å²) in [6.45, 7) is 0. The fourth-order valence-electron chi connectivity index (χ4n) is 3.87. The summed E-state index contributed by atoms with van der Waals surface area (Å²) in [5.41, 5.74) is -0.834. The smallest absolute Gasteiger partial charge is 0.339 e. The van der Waals surface area contributed by atoms with Gasteiger partial charge in [0.15, 0.2) is 5.78 Å². The predicted octanol–water partition coefficient (Wildman–Crippen LogP) is 2.21. The molecule has 0 aliphatic heterocycles. The van der Waals surface area contributed by atoms with Crippen molar-refractivity contribution in [2.45, 2.75) is 5.92 Å². The lowest BCUT2D eigenvalue weighted by Crippen LogP contribution is -2.37. The molecular weight excluding hydrogens is 356 g/mol. The van der Waals surface area contributed by atoms with Gasteiger partial charge in [0.25, 0.3) is 0 Å². The van der Waals surface area contributed by atoms with E-state index in [9.17, 15) is 35.1 Å². The van der Waals surface area contributed by atoms with Crippen molar-refractivity contribution in [1.82, 2.24) is 0 Å². The van der Waals surface area contributed by atoms with E-state index in [1.807, 2.05) is 0 Å². The number of phenols is 2. The Morgan fingerprint density at radius 1 is 0.852 bits per heavy atom. The van der Waals surface area contributed by atoms with Crippen molar-refractivity contribution >= 4 is 5.78 Å². The molecule has 0 saturated carbocycles. The molecule has 2 aliphatic carbocycles. The van der Waals surface area contributed by atoms with Gasteiger partial charge in [0.2, 0.25) is 0 Å². The summed E-state index contributed by atoms with van der Waals surface area (Å²) in [6.07, 6.45) is 2.35. The number of aliphatic hydroxyl groups excluding tert-OH is 2. The number of carbonyl (C=O) groups excluding carboxylic acids is 1. The molecule has 5 N–H and O–H groups in total. The second-order valence-electron chi connectivity index (χ2n) is 6.52. The highest BCUT2D eigenvalue weighted by Crippen LogP contribution is 2.51. The molecule has 0 bridgehead atoms. The van der Waals surface area contributed by atoms with Crippen molar-refractivity contribution in [2.75, 3.05) is 0 Å². The summed E-state index contributed by atoms with van der Waals surface area (Å²) in [7, 11) is 0. The molecule has 0 saturated heterocycles. The van der Waals surface area contributed by atoms with E-state index >= 15 is 0 Å². The molecule has 2 aromatic rings. The minimum Gasteiger partial charge on any atom is -0.511 e. The molecule has 1 aromatic carbocycles. The largest absolute Gasteiger partial charge is 0.511 e. The Hall–Kier alpha value is -3.68. The molecule has 2 aliphatic rings. The normalized spacial score (nSPS) is 23.9. The second-order valence-corrected chi connectivity index (χ2v) is 6.52. The Morgan fingerprint density at radius 2 is 1.56 bits per heavy atom. The Kier molecular flexibility index (Phi) is 3.52. The number of rotatable bonds is 1. The van der Waals surface area contributed by atoms with Gasteiger partial charge >= 0.3 is 5.63 Å². The van der Waals surface area contributed by atoms with Crippen LogP contribution in [0.5, 0.6) is 17.2 Å². The van der Waals surface area contributed by atoms with Crippen molar-refractivity contribution in [1.29, 1.82) is 0 Å². The molecule has 3 unspecified atom stereocenters. The summed E-state index contributed by atoms with van der Waals surface area (Å²) in [5, 5.41) is 50.1. The highest BCUT2D eigenvalue weighted by molar-refractivity contribution is 6.05. The lowest BCUT2D eigenvalue weighted by atomic mass is 9.65. The van der Waals surface area contributed by atoms with Gasteiger partial charge in [-0.15, -0.1) is 0 Å². The molecule has 1 aromatic heterocycles. The number of fused-ring (bicyclic) bond motifs is 2. The van der Waals surface area contributed by atoms with Crippen LogP contribution < -0.4 is 5.63 Å². The zero-order valence-electron chi connectivity index (χ0n) is 13.7. The van der Waals surface area contributed by atoms with Gasteiger partial charge < -0.3 is 29.9 Å². The second kappa shape index (κ2) is 5.66. The number of ketones is 1. The molecule has 27 heavy (non-hydrogen) atoms. The first-order valence-corrected chi connectivity index (χ1v) is 8.01. The Balaban J connectivity index is 2.06. The number of phenolic OH excluding ortho intramolecular Hbond substituents is 2. The molecule has 0 amide bonds. The molecule has 3 atom stereocenters. The molecule has 4 rings (SSSR count). The van der Waals surface area contributed by atoms with E-state index in [0.29, 0.717) is 0 Å². The van der Waals surface area contributed by atoms with Gasteiger partial charge in [-0.3, -0.25) is 4.79 Å². The van der Waals surface area contributed by atoms with Crippen LogP contribution in [-0.2, 0) is 0 Å². The average molecular weight is 370 g/mol. The minimum absolute atomic E-state index is 0.0486. The summed E-state index contributed by atoms with van der Waals surface area (Å²) in [6, 6.07) is 4.26. The van der Waals surface area contributed by atoms with E-state index in [1.54, 1.807) is 0 Å². The third-order valence-electron chi connectivity index (χ3n) is 4.82. The van der Waals surface area contributed by atoms with Crippen molar-refractivity contribution < 1.29 is 34.7 Å². The number of hydrogen-bond donors (Lipinski definition) is 5. The van der Waals surface area contributed by atoms with Crippen molar-refractivity contribution in [3.8, 4) is 17.2 Å². The summed E-state index contributed by atoms with van der Waals surface area (Å²) >= 11 is 0. The number of hydrogen-bond acceptors (Lipinski definition) is 8. The fourth-order valence-corrected chi connectivity index (χ4v) is 3.87. The number of carbonyl (C=O) groups is 1. The van der Waals surface area contributed by atoms with Gasteiger partial charge in [-0.1, -0.05) is 0 Å². The number of allylic oxidation sites excluding steroid dienone is 3. The van der Waals surface area contributed by atoms with Gasteiger partial charge in [0.1, 0.15) is 34.5 Å². The first kappa shape index (κ1) is 16.8.